The van der Waals surface area contributed by atoms with Crippen LogP contribution in [0.25, 0.3) is 0 Å². The lowest BCUT2D eigenvalue weighted by atomic mass is 10.1. The van der Waals surface area contributed by atoms with Crippen LogP contribution in [-0.2, 0) is 16.1 Å². The normalized spacial score (nSPS) is 12.7. The third kappa shape index (κ3) is 6.88. The van der Waals surface area contributed by atoms with Crippen molar-refractivity contribution in [1.29, 1.82) is 0 Å². The van der Waals surface area contributed by atoms with E-state index in [0.29, 0.717) is 21.4 Å². The standard InChI is InChI=1S/C24H30Cl2N2O3/c1-6-17(4)27-24(30)18(5)28(13-20-21(25)8-7-9-22(20)26)23(29)14-31-19-11-10-15(2)16(3)12-19/h7-12,17-18H,6,13-14H2,1-5H3,(H,27,30)/t17-,18+/m0/s1. The van der Waals surface area contributed by atoms with E-state index in [4.69, 9.17) is 27.9 Å². The number of aryl methyl sites for hydroxylation is 2. The molecule has 0 spiro atoms. The third-order valence-electron chi connectivity index (χ3n) is 5.40. The van der Waals surface area contributed by atoms with Gasteiger partial charge in [0.05, 0.1) is 0 Å². The number of ether oxygens (including phenoxy) is 1. The SMILES string of the molecule is CC[C@H](C)NC(=O)[C@@H](C)N(Cc1c(Cl)cccc1Cl)C(=O)COc1ccc(C)c(C)c1. The number of hydrogen-bond acceptors (Lipinski definition) is 3. The Morgan fingerprint density at radius 2 is 1.71 bits per heavy atom. The largest absolute Gasteiger partial charge is 0.484 e. The molecule has 0 aliphatic heterocycles. The van der Waals surface area contributed by atoms with Crippen molar-refractivity contribution in [2.75, 3.05) is 6.61 Å². The summed E-state index contributed by atoms with van der Waals surface area (Å²) in [6.45, 7) is 9.49. The monoisotopic (exact) mass is 464 g/mol. The molecule has 2 rings (SSSR count). The van der Waals surface area contributed by atoms with E-state index in [2.05, 4.69) is 5.32 Å². The molecule has 5 nitrogen and oxygen atoms in total. The molecule has 0 heterocycles. The minimum atomic E-state index is -0.725. The number of nitrogens with zero attached hydrogens (tertiary/aromatic N) is 1. The highest BCUT2D eigenvalue weighted by molar-refractivity contribution is 6.36. The van der Waals surface area contributed by atoms with Crippen LogP contribution in [0.2, 0.25) is 10.0 Å². The van der Waals surface area contributed by atoms with Crippen LogP contribution in [0.3, 0.4) is 0 Å². The van der Waals surface area contributed by atoms with Crippen LogP contribution in [0.1, 0.15) is 43.9 Å². The number of halogens is 2. The van der Waals surface area contributed by atoms with Crippen molar-refractivity contribution >= 4 is 35.0 Å². The predicted molar refractivity (Wildman–Crippen MR) is 126 cm³/mol. The zero-order chi connectivity index (χ0) is 23.1. The molecule has 0 aliphatic rings. The fourth-order valence-corrected chi connectivity index (χ4v) is 3.45. The van der Waals surface area contributed by atoms with Gasteiger partial charge in [-0.15, -0.1) is 0 Å². The average molecular weight is 465 g/mol. The van der Waals surface area contributed by atoms with Crippen molar-refractivity contribution in [2.24, 2.45) is 0 Å². The van der Waals surface area contributed by atoms with Gasteiger partial charge in [-0.05, 0) is 69.5 Å². The molecule has 0 saturated carbocycles. The Hall–Kier alpha value is -2.24. The summed E-state index contributed by atoms with van der Waals surface area (Å²) in [5.74, 6) is 0.0296. The number of rotatable bonds is 9. The highest BCUT2D eigenvalue weighted by Crippen LogP contribution is 2.27. The Balaban J connectivity index is 2.23. The summed E-state index contributed by atoms with van der Waals surface area (Å²) in [4.78, 5) is 27.3. The molecular formula is C24H30Cl2N2O3. The summed E-state index contributed by atoms with van der Waals surface area (Å²) in [6.07, 6.45) is 0.790. The van der Waals surface area contributed by atoms with Gasteiger partial charge >= 0.3 is 0 Å². The molecule has 2 aromatic carbocycles. The molecule has 0 unspecified atom stereocenters. The smallest absolute Gasteiger partial charge is 0.261 e. The number of nitrogens with one attached hydrogen (secondary N) is 1. The molecule has 0 saturated heterocycles. The summed E-state index contributed by atoms with van der Waals surface area (Å²) in [5, 5.41) is 3.81. The second-order valence-corrected chi connectivity index (χ2v) is 8.56. The first-order chi connectivity index (χ1) is 14.6. The van der Waals surface area contributed by atoms with E-state index in [-0.39, 0.29) is 31.0 Å². The molecule has 168 valence electrons. The van der Waals surface area contributed by atoms with Gasteiger partial charge in [-0.1, -0.05) is 42.3 Å². The Labute approximate surface area is 194 Å². The molecule has 0 radical (unpaired) electrons. The van der Waals surface area contributed by atoms with Gasteiger partial charge < -0.3 is 15.0 Å². The second kappa shape index (κ2) is 11.4. The highest BCUT2D eigenvalue weighted by Gasteiger charge is 2.28. The topological polar surface area (TPSA) is 58.6 Å². The number of benzene rings is 2. The van der Waals surface area contributed by atoms with Crippen LogP contribution in [0.4, 0.5) is 0 Å². The maximum absolute atomic E-state index is 13.1. The van der Waals surface area contributed by atoms with Crippen molar-refractivity contribution in [2.45, 2.75) is 59.7 Å². The van der Waals surface area contributed by atoms with Gasteiger partial charge in [0.2, 0.25) is 5.91 Å². The van der Waals surface area contributed by atoms with E-state index in [9.17, 15) is 9.59 Å². The quantitative estimate of drug-likeness (QED) is 0.545. The maximum atomic E-state index is 13.1. The molecule has 0 fully saturated rings. The molecule has 31 heavy (non-hydrogen) atoms. The summed E-state index contributed by atoms with van der Waals surface area (Å²) in [6, 6.07) is 10.1. The lowest BCUT2D eigenvalue weighted by Gasteiger charge is -2.30. The van der Waals surface area contributed by atoms with Crippen molar-refractivity contribution < 1.29 is 14.3 Å². The van der Waals surface area contributed by atoms with Gasteiger partial charge in [0.25, 0.3) is 5.91 Å². The Morgan fingerprint density at radius 1 is 1.06 bits per heavy atom. The van der Waals surface area contributed by atoms with Gasteiger partial charge in [-0.25, -0.2) is 0 Å². The Bertz CT molecular complexity index is 913. The highest BCUT2D eigenvalue weighted by atomic mass is 35.5. The number of carbonyl (C=O) groups excluding carboxylic acids is 2. The van der Waals surface area contributed by atoms with Gasteiger partial charge in [-0.3, -0.25) is 9.59 Å². The number of hydrogen-bond donors (Lipinski definition) is 1. The lowest BCUT2D eigenvalue weighted by Crippen LogP contribution is -2.50. The predicted octanol–water partition coefficient (Wildman–Crippen LogP) is 5.32. The van der Waals surface area contributed by atoms with Crippen LogP contribution in [0.5, 0.6) is 5.75 Å². The fourth-order valence-electron chi connectivity index (χ4n) is 2.93. The summed E-state index contributed by atoms with van der Waals surface area (Å²) < 4.78 is 5.73. The lowest BCUT2D eigenvalue weighted by molar-refractivity contribution is -0.142. The Kier molecular flexibility index (Phi) is 9.20. The van der Waals surface area contributed by atoms with Crippen LogP contribution < -0.4 is 10.1 Å². The number of carbonyl (C=O) groups is 2. The molecule has 2 amide bonds. The number of amides is 2. The first-order valence-corrected chi connectivity index (χ1v) is 11.1. The minimum Gasteiger partial charge on any atom is -0.484 e. The second-order valence-electron chi connectivity index (χ2n) is 7.75. The van der Waals surface area contributed by atoms with E-state index in [1.165, 1.54) is 4.90 Å². The van der Waals surface area contributed by atoms with Crippen molar-refractivity contribution in [1.82, 2.24) is 10.2 Å². The Morgan fingerprint density at radius 3 is 2.29 bits per heavy atom. The molecule has 2 aromatic rings. The molecule has 0 aromatic heterocycles. The molecule has 7 heteroatoms. The zero-order valence-corrected chi connectivity index (χ0v) is 20.2. The molecule has 0 bridgehead atoms. The van der Waals surface area contributed by atoms with E-state index >= 15 is 0 Å². The van der Waals surface area contributed by atoms with E-state index in [1.807, 2.05) is 45.9 Å². The van der Waals surface area contributed by atoms with Gasteiger partial charge in [-0.2, -0.15) is 0 Å². The van der Waals surface area contributed by atoms with Crippen LogP contribution in [0.15, 0.2) is 36.4 Å². The zero-order valence-electron chi connectivity index (χ0n) is 18.7. The molecular weight excluding hydrogens is 435 g/mol. The van der Waals surface area contributed by atoms with Crippen molar-refractivity contribution in [3.05, 3.63) is 63.1 Å². The van der Waals surface area contributed by atoms with Crippen molar-refractivity contribution in [3.63, 3.8) is 0 Å². The fraction of sp³-hybridized carbons (Fsp3) is 0.417. The molecule has 1 N–H and O–H groups in total. The van der Waals surface area contributed by atoms with Gasteiger partial charge in [0, 0.05) is 28.2 Å². The average Bonchev–Trinajstić information content (AvgIpc) is 2.73. The van der Waals surface area contributed by atoms with Crippen molar-refractivity contribution in [3.8, 4) is 5.75 Å². The molecule has 2 atom stereocenters. The summed E-state index contributed by atoms with van der Waals surface area (Å²) >= 11 is 12.6. The maximum Gasteiger partial charge on any atom is 0.261 e. The van der Waals surface area contributed by atoms with Crippen LogP contribution >= 0.6 is 23.2 Å². The van der Waals surface area contributed by atoms with Crippen LogP contribution in [0, 0.1) is 13.8 Å². The minimum absolute atomic E-state index is 0.00240. The van der Waals surface area contributed by atoms with E-state index < -0.39 is 6.04 Å². The van der Waals surface area contributed by atoms with Gasteiger partial charge in [0.1, 0.15) is 11.8 Å². The summed E-state index contributed by atoms with van der Waals surface area (Å²) in [5.41, 5.74) is 2.81. The first kappa shape index (κ1) is 25.0. The molecule has 0 aliphatic carbocycles. The van der Waals surface area contributed by atoms with Crippen LogP contribution in [-0.4, -0.2) is 35.4 Å². The van der Waals surface area contributed by atoms with Gasteiger partial charge in [0.15, 0.2) is 6.61 Å². The van der Waals surface area contributed by atoms with E-state index in [0.717, 1.165) is 17.5 Å². The first-order valence-electron chi connectivity index (χ1n) is 10.4. The van der Waals surface area contributed by atoms with E-state index in [1.54, 1.807) is 25.1 Å². The summed E-state index contributed by atoms with van der Waals surface area (Å²) in [7, 11) is 0. The third-order valence-corrected chi connectivity index (χ3v) is 6.11.